The molecule has 5 heteroatoms. The van der Waals surface area contributed by atoms with Crippen LogP contribution in [0.2, 0.25) is 63.6 Å². The molecule has 0 N–H and O–H groups in total. The first-order valence-electron chi connectivity index (χ1n) is 13.2. The summed E-state index contributed by atoms with van der Waals surface area (Å²) < 4.78 is 8.26. The maximum atomic E-state index is 7.90. The summed E-state index contributed by atoms with van der Waals surface area (Å²) in [5.41, 5.74) is 0.810. The van der Waals surface area contributed by atoms with Crippen molar-refractivity contribution in [2.75, 3.05) is 0 Å². The van der Waals surface area contributed by atoms with E-state index >= 15 is 0 Å². The standard InChI is InChI=1S/C26H52OSi4/c1-24(2,3)26(28(4,5)6)19-23(31(26,30(10,11)12)27-29(7,8)9)25-16-20-13-21(17-25)15-22(14-20)18-25/h19-22H,13-18H2,1-12H3/t20?,21?,22?,25?,26-,31-/m0/s1. The van der Waals surface area contributed by atoms with Crippen LogP contribution in [0.15, 0.2) is 11.3 Å². The molecule has 0 radical (unpaired) electrons. The molecule has 4 fully saturated rings. The number of allylic oxidation sites excluding steroid dienone is 2. The molecule has 0 spiro atoms. The highest BCUT2D eigenvalue weighted by molar-refractivity contribution is 7.47. The van der Waals surface area contributed by atoms with Gasteiger partial charge >= 0.3 is 0 Å². The Morgan fingerprint density at radius 1 is 0.806 bits per heavy atom. The highest BCUT2D eigenvalue weighted by Crippen LogP contribution is 2.76. The minimum atomic E-state index is -2.12. The van der Waals surface area contributed by atoms with Crippen LogP contribution in [0, 0.1) is 28.6 Å². The molecule has 0 aromatic carbocycles. The molecule has 4 saturated carbocycles. The lowest BCUT2D eigenvalue weighted by atomic mass is 9.49. The van der Waals surface area contributed by atoms with Crippen LogP contribution >= 0.6 is 0 Å². The molecule has 1 heterocycles. The molecule has 1 nitrogen and oxygen atoms in total. The summed E-state index contributed by atoms with van der Waals surface area (Å²) in [5, 5.41) is 1.98. The molecule has 0 saturated heterocycles. The minimum Gasteiger partial charge on any atom is -0.454 e. The molecule has 0 amide bonds. The van der Waals surface area contributed by atoms with E-state index in [1.165, 1.54) is 19.3 Å². The summed E-state index contributed by atoms with van der Waals surface area (Å²) in [6.45, 7) is 31.4. The third-order valence-corrected chi connectivity index (χ3v) is 35.6. The lowest BCUT2D eigenvalue weighted by Gasteiger charge is -2.75. The average molecular weight is 493 g/mol. The number of hydrogen-bond acceptors (Lipinski definition) is 1. The summed E-state index contributed by atoms with van der Waals surface area (Å²) in [4.78, 5) is 0. The summed E-state index contributed by atoms with van der Waals surface area (Å²) in [6, 6.07) is 0. The van der Waals surface area contributed by atoms with E-state index < -0.39 is 31.8 Å². The topological polar surface area (TPSA) is 9.23 Å². The smallest absolute Gasteiger partial charge is 0.201 e. The minimum absolute atomic E-state index is 0.287. The predicted octanol–water partition coefficient (Wildman–Crippen LogP) is 8.56. The van der Waals surface area contributed by atoms with Crippen molar-refractivity contribution < 1.29 is 4.12 Å². The Hall–Kier alpha value is 0.568. The third kappa shape index (κ3) is 3.33. The van der Waals surface area contributed by atoms with E-state index in [4.69, 9.17) is 4.12 Å². The molecule has 5 aliphatic rings. The van der Waals surface area contributed by atoms with Crippen molar-refractivity contribution in [3.8, 4) is 0 Å². The quantitative estimate of drug-likeness (QED) is 0.349. The number of hydrogen-bond donors (Lipinski definition) is 0. The monoisotopic (exact) mass is 492 g/mol. The van der Waals surface area contributed by atoms with E-state index in [1.807, 2.05) is 5.20 Å². The molecule has 31 heavy (non-hydrogen) atoms. The SMILES string of the molecule is CC(C)(C)[C@]1([Si](C)(C)C)C=C(C23CC4CC(CC(C4)C2)C3)[Si@]1(O[Si](C)(C)C)[Si](C)(C)C. The predicted molar refractivity (Wildman–Crippen MR) is 148 cm³/mol. The molecule has 2 atom stereocenters. The first-order valence-corrected chi connectivity index (χ1v) is 26.5. The van der Waals surface area contributed by atoms with Gasteiger partial charge in [0.05, 0.1) is 15.7 Å². The van der Waals surface area contributed by atoms with Crippen LogP contribution < -0.4 is 0 Å². The Kier molecular flexibility index (Phi) is 5.44. The Bertz CT molecular complexity index is 722. The lowest BCUT2D eigenvalue weighted by molar-refractivity contribution is -0.0296. The molecule has 5 rings (SSSR count). The Labute approximate surface area is 198 Å². The van der Waals surface area contributed by atoms with Crippen LogP contribution in [0.1, 0.15) is 59.3 Å². The molecule has 1 aliphatic heterocycles. The molecule has 178 valence electrons. The van der Waals surface area contributed by atoms with Crippen molar-refractivity contribution in [2.24, 2.45) is 28.6 Å². The maximum absolute atomic E-state index is 7.90. The second kappa shape index (κ2) is 6.83. The maximum Gasteiger partial charge on any atom is 0.201 e. The van der Waals surface area contributed by atoms with Crippen LogP contribution in [0.3, 0.4) is 0 Å². The highest BCUT2D eigenvalue weighted by Gasteiger charge is 2.79. The second-order valence-electron chi connectivity index (χ2n) is 16.2. The van der Waals surface area contributed by atoms with E-state index in [2.05, 4.69) is 85.8 Å². The van der Waals surface area contributed by atoms with Gasteiger partial charge in [0.2, 0.25) is 7.83 Å². The zero-order valence-electron chi connectivity index (χ0n) is 23.0. The summed E-state index contributed by atoms with van der Waals surface area (Å²) in [5.74, 6) is 3.05. The van der Waals surface area contributed by atoms with Gasteiger partial charge in [0.15, 0.2) is 8.32 Å². The van der Waals surface area contributed by atoms with Crippen molar-refractivity contribution in [3.63, 3.8) is 0 Å². The molecule has 4 aliphatic carbocycles. The van der Waals surface area contributed by atoms with Gasteiger partial charge in [-0.15, -0.1) is 0 Å². The summed E-state index contributed by atoms with van der Waals surface area (Å²) in [7, 11) is -6.95. The van der Waals surface area contributed by atoms with Gasteiger partial charge in [0.1, 0.15) is 0 Å². The normalized spacial score (nSPS) is 43.1. The van der Waals surface area contributed by atoms with Crippen molar-refractivity contribution in [1.29, 1.82) is 0 Å². The molecular formula is C26H52OSi4. The Balaban J connectivity index is 2.00. The largest absolute Gasteiger partial charge is 0.454 e. The fraction of sp³-hybridized carbons (Fsp3) is 0.923. The van der Waals surface area contributed by atoms with Crippen LogP contribution in [0.5, 0.6) is 0 Å². The Morgan fingerprint density at radius 3 is 1.52 bits per heavy atom. The van der Waals surface area contributed by atoms with Crippen LogP contribution in [0.25, 0.3) is 0 Å². The fourth-order valence-electron chi connectivity index (χ4n) is 9.88. The van der Waals surface area contributed by atoms with Gasteiger partial charge in [-0.05, 0) is 86.7 Å². The lowest BCUT2D eigenvalue weighted by Crippen LogP contribution is -2.83. The van der Waals surface area contributed by atoms with Crippen LogP contribution in [0.4, 0.5) is 0 Å². The van der Waals surface area contributed by atoms with Crippen molar-refractivity contribution in [2.45, 2.75) is 123 Å². The van der Waals surface area contributed by atoms with Crippen molar-refractivity contribution in [3.05, 3.63) is 11.3 Å². The summed E-state index contributed by atoms with van der Waals surface area (Å²) in [6.07, 6.45) is 12.1. The fourth-order valence-corrected chi connectivity index (χ4v) is 49.6. The van der Waals surface area contributed by atoms with Gasteiger partial charge < -0.3 is 4.12 Å². The molecule has 0 aromatic heterocycles. The van der Waals surface area contributed by atoms with E-state index in [-0.39, 0.29) is 5.41 Å². The number of rotatable bonds is 5. The van der Waals surface area contributed by atoms with Crippen LogP contribution in [-0.4, -0.2) is 31.8 Å². The van der Waals surface area contributed by atoms with Gasteiger partial charge in [-0.1, -0.05) is 71.3 Å². The van der Waals surface area contributed by atoms with Gasteiger partial charge in [-0.25, -0.2) is 0 Å². The van der Waals surface area contributed by atoms with Gasteiger partial charge in [0.25, 0.3) is 0 Å². The van der Waals surface area contributed by atoms with Crippen molar-refractivity contribution >= 4 is 31.8 Å². The molecule has 4 bridgehead atoms. The average Bonchev–Trinajstić information content (AvgIpc) is 2.44. The van der Waals surface area contributed by atoms with Gasteiger partial charge in [-0.3, -0.25) is 0 Å². The first-order chi connectivity index (χ1) is 13.8. The van der Waals surface area contributed by atoms with Crippen molar-refractivity contribution in [1.82, 2.24) is 0 Å². The molecule has 0 aromatic rings. The van der Waals surface area contributed by atoms with E-state index in [0.717, 1.165) is 17.8 Å². The first kappa shape index (κ1) is 24.7. The second-order valence-corrected chi connectivity index (χ2v) is 40.8. The Morgan fingerprint density at radius 2 is 1.23 bits per heavy atom. The van der Waals surface area contributed by atoms with Crippen LogP contribution in [-0.2, 0) is 4.12 Å². The highest BCUT2D eigenvalue weighted by atomic mass is 29.3. The zero-order valence-corrected chi connectivity index (χ0v) is 27.0. The van der Waals surface area contributed by atoms with E-state index in [1.54, 1.807) is 19.3 Å². The molecule has 0 unspecified atom stereocenters. The van der Waals surface area contributed by atoms with E-state index in [0.29, 0.717) is 10.1 Å². The third-order valence-electron chi connectivity index (χ3n) is 9.79. The van der Waals surface area contributed by atoms with E-state index in [9.17, 15) is 0 Å². The summed E-state index contributed by atoms with van der Waals surface area (Å²) >= 11 is 0. The van der Waals surface area contributed by atoms with Gasteiger partial charge in [0, 0.05) is 4.66 Å². The molecular weight excluding hydrogens is 441 g/mol. The zero-order chi connectivity index (χ0) is 23.5. The van der Waals surface area contributed by atoms with Gasteiger partial charge in [-0.2, -0.15) is 0 Å².